The summed E-state index contributed by atoms with van der Waals surface area (Å²) in [4.78, 5) is 4.52. The van der Waals surface area contributed by atoms with Gasteiger partial charge < -0.3 is 5.32 Å². The fourth-order valence-corrected chi connectivity index (χ4v) is 2.10. The van der Waals surface area contributed by atoms with E-state index in [1.165, 1.54) is 16.7 Å². The number of nitrogens with zero attached hydrogens (tertiary/aromatic N) is 1. The summed E-state index contributed by atoms with van der Waals surface area (Å²) in [6.07, 6.45) is 3.94. The summed E-state index contributed by atoms with van der Waals surface area (Å²) >= 11 is 0. The SMILES string of the molecule is CCNCc1cccc(Cc2ccc(CC)cn2)c1. The predicted octanol–water partition coefficient (Wildman–Crippen LogP) is 3.34. The Labute approximate surface area is 115 Å². The molecule has 1 heterocycles. The molecule has 0 atom stereocenters. The van der Waals surface area contributed by atoms with Gasteiger partial charge in [-0.2, -0.15) is 0 Å². The maximum atomic E-state index is 4.52. The fraction of sp³-hybridized carbons (Fsp3) is 0.353. The topological polar surface area (TPSA) is 24.9 Å². The quantitative estimate of drug-likeness (QED) is 0.855. The van der Waals surface area contributed by atoms with Crippen LogP contribution in [0.3, 0.4) is 0 Å². The maximum Gasteiger partial charge on any atom is 0.0447 e. The number of pyridine rings is 1. The third-order valence-electron chi connectivity index (χ3n) is 3.25. The highest BCUT2D eigenvalue weighted by Crippen LogP contribution is 2.11. The lowest BCUT2D eigenvalue weighted by Gasteiger charge is -2.06. The molecule has 2 rings (SSSR count). The molecule has 0 radical (unpaired) electrons. The summed E-state index contributed by atoms with van der Waals surface area (Å²) in [5, 5.41) is 3.36. The van der Waals surface area contributed by atoms with Crippen molar-refractivity contribution in [3.8, 4) is 0 Å². The van der Waals surface area contributed by atoms with Crippen molar-refractivity contribution in [2.24, 2.45) is 0 Å². The lowest BCUT2D eigenvalue weighted by atomic mass is 10.1. The molecule has 0 saturated heterocycles. The number of aryl methyl sites for hydroxylation is 1. The van der Waals surface area contributed by atoms with Crippen LogP contribution >= 0.6 is 0 Å². The van der Waals surface area contributed by atoms with E-state index in [1.807, 2.05) is 6.20 Å². The molecule has 100 valence electrons. The number of hydrogen-bond acceptors (Lipinski definition) is 2. The molecule has 2 heteroatoms. The molecule has 0 aliphatic carbocycles. The van der Waals surface area contributed by atoms with Gasteiger partial charge in [-0.05, 0) is 35.7 Å². The number of aromatic nitrogens is 1. The molecule has 2 nitrogen and oxygen atoms in total. The molecule has 1 N–H and O–H groups in total. The van der Waals surface area contributed by atoms with Gasteiger partial charge in [0.25, 0.3) is 0 Å². The molecule has 2 aromatic rings. The first kappa shape index (κ1) is 13.8. The van der Waals surface area contributed by atoms with E-state index in [4.69, 9.17) is 0 Å². The van der Waals surface area contributed by atoms with Gasteiger partial charge in [0.1, 0.15) is 0 Å². The van der Waals surface area contributed by atoms with Gasteiger partial charge in [-0.25, -0.2) is 0 Å². The Morgan fingerprint density at radius 3 is 2.53 bits per heavy atom. The van der Waals surface area contributed by atoms with Crippen LogP contribution in [0.2, 0.25) is 0 Å². The predicted molar refractivity (Wildman–Crippen MR) is 80.2 cm³/mol. The normalized spacial score (nSPS) is 10.6. The van der Waals surface area contributed by atoms with E-state index in [0.29, 0.717) is 0 Å². The summed E-state index contributed by atoms with van der Waals surface area (Å²) in [6.45, 7) is 6.22. The number of rotatable bonds is 6. The minimum atomic E-state index is 0.907. The van der Waals surface area contributed by atoms with E-state index < -0.39 is 0 Å². The van der Waals surface area contributed by atoms with Crippen molar-refractivity contribution in [1.29, 1.82) is 0 Å². The number of nitrogens with one attached hydrogen (secondary N) is 1. The van der Waals surface area contributed by atoms with Crippen LogP contribution in [-0.2, 0) is 19.4 Å². The Hall–Kier alpha value is -1.67. The average molecular weight is 254 g/mol. The van der Waals surface area contributed by atoms with Crippen molar-refractivity contribution in [3.05, 3.63) is 65.0 Å². The highest BCUT2D eigenvalue weighted by Gasteiger charge is 2.00. The summed E-state index contributed by atoms with van der Waals surface area (Å²) in [5.41, 5.74) is 5.10. The van der Waals surface area contributed by atoms with Gasteiger partial charge in [0.2, 0.25) is 0 Å². The van der Waals surface area contributed by atoms with Crippen LogP contribution in [0.4, 0.5) is 0 Å². The van der Waals surface area contributed by atoms with Crippen LogP contribution in [0.1, 0.15) is 36.2 Å². The molecule has 0 fully saturated rings. The third kappa shape index (κ3) is 4.18. The van der Waals surface area contributed by atoms with E-state index >= 15 is 0 Å². The Bertz CT molecular complexity index is 503. The van der Waals surface area contributed by atoms with Crippen LogP contribution in [0.5, 0.6) is 0 Å². The Morgan fingerprint density at radius 1 is 1.00 bits per heavy atom. The zero-order valence-corrected chi connectivity index (χ0v) is 11.8. The van der Waals surface area contributed by atoms with Gasteiger partial charge in [-0.3, -0.25) is 4.98 Å². The van der Waals surface area contributed by atoms with Crippen LogP contribution in [0, 0.1) is 0 Å². The molecule has 1 aromatic heterocycles. The van der Waals surface area contributed by atoms with Crippen molar-refractivity contribution in [1.82, 2.24) is 10.3 Å². The van der Waals surface area contributed by atoms with Crippen molar-refractivity contribution in [2.45, 2.75) is 33.2 Å². The molecule has 0 spiro atoms. The van der Waals surface area contributed by atoms with Gasteiger partial charge in [0.15, 0.2) is 0 Å². The zero-order valence-electron chi connectivity index (χ0n) is 11.8. The van der Waals surface area contributed by atoms with Crippen molar-refractivity contribution in [3.63, 3.8) is 0 Å². The highest BCUT2D eigenvalue weighted by molar-refractivity contribution is 5.27. The molecule has 0 amide bonds. The standard InChI is InChI=1S/C17H22N2/c1-3-14-8-9-17(19-13-14)11-15-6-5-7-16(10-15)12-18-4-2/h5-10,13,18H,3-4,11-12H2,1-2H3. The van der Waals surface area contributed by atoms with Gasteiger partial charge in [0.05, 0.1) is 0 Å². The molecule has 0 bridgehead atoms. The van der Waals surface area contributed by atoms with Gasteiger partial charge in [-0.1, -0.05) is 44.2 Å². The Morgan fingerprint density at radius 2 is 1.84 bits per heavy atom. The second kappa shape index (κ2) is 7.05. The molecule has 19 heavy (non-hydrogen) atoms. The smallest absolute Gasteiger partial charge is 0.0447 e. The first-order valence-corrected chi connectivity index (χ1v) is 7.04. The lowest BCUT2D eigenvalue weighted by Crippen LogP contribution is -2.11. The molecule has 0 unspecified atom stereocenters. The zero-order chi connectivity index (χ0) is 13.5. The largest absolute Gasteiger partial charge is 0.313 e. The molecular formula is C17H22N2. The number of hydrogen-bond donors (Lipinski definition) is 1. The highest BCUT2D eigenvalue weighted by atomic mass is 14.8. The van der Waals surface area contributed by atoms with Gasteiger partial charge in [-0.15, -0.1) is 0 Å². The van der Waals surface area contributed by atoms with Crippen LogP contribution in [0.15, 0.2) is 42.6 Å². The number of benzene rings is 1. The second-order valence-corrected chi connectivity index (χ2v) is 4.79. The molecule has 0 aliphatic heterocycles. The Balaban J connectivity index is 2.05. The summed E-state index contributed by atoms with van der Waals surface area (Å²) in [7, 11) is 0. The van der Waals surface area contributed by atoms with Gasteiger partial charge >= 0.3 is 0 Å². The minimum Gasteiger partial charge on any atom is -0.313 e. The monoisotopic (exact) mass is 254 g/mol. The van der Waals surface area contributed by atoms with Gasteiger partial charge in [0, 0.05) is 24.9 Å². The maximum absolute atomic E-state index is 4.52. The van der Waals surface area contributed by atoms with E-state index in [1.54, 1.807) is 0 Å². The molecule has 0 saturated carbocycles. The van der Waals surface area contributed by atoms with Crippen molar-refractivity contribution >= 4 is 0 Å². The second-order valence-electron chi connectivity index (χ2n) is 4.79. The Kier molecular flexibility index (Phi) is 5.10. The van der Waals surface area contributed by atoms with Crippen molar-refractivity contribution < 1.29 is 0 Å². The minimum absolute atomic E-state index is 0.907. The van der Waals surface area contributed by atoms with Crippen LogP contribution < -0.4 is 5.32 Å². The third-order valence-corrected chi connectivity index (χ3v) is 3.25. The summed E-state index contributed by atoms with van der Waals surface area (Å²) < 4.78 is 0. The molecule has 1 aromatic carbocycles. The molecular weight excluding hydrogens is 232 g/mol. The van der Waals surface area contributed by atoms with E-state index in [9.17, 15) is 0 Å². The average Bonchev–Trinajstić information content (AvgIpc) is 2.46. The lowest BCUT2D eigenvalue weighted by molar-refractivity contribution is 0.726. The van der Waals surface area contributed by atoms with E-state index in [2.05, 4.69) is 60.5 Å². The summed E-state index contributed by atoms with van der Waals surface area (Å²) in [6, 6.07) is 13.0. The first-order valence-electron chi connectivity index (χ1n) is 7.04. The first-order chi connectivity index (χ1) is 9.31. The van der Waals surface area contributed by atoms with Crippen molar-refractivity contribution in [2.75, 3.05) is 6.54 Å². The molecule has 0 aliphatic rings. The van der Waals surface area contributed by atoms with Crippen LogP contribution in [-0.4, -0.2) is 11.5 Å². The van der Waals surface area contributed by atoms with E-state index in [-0.39, 0.29) is 0 Å². The summed E-state index contributed by atoms with van der Waals surface area (Å²) in [5.74, 6) is 0. The van der Waals surface area contributed by atoms with Crippen LogP contribution in [0.25, 0.3) is 0 Å². The van der Waals surface area contributed by atoms with E-state index in [0.717, 1.165) is 31.6 Å². The fourth-order valence-electron chi connectivity index (χ4n) is 2.10.